The van der Waals surface area contributed by atoms with Crippen LogP contribution >= 0.6 is 0 Å². The number of halogens is 3. The van der Waals surface area contributed by atoms with Crippen LogP contribution in [0.2, 0.25) is 0 Å². The molecule has 0 N–H and O–H groups in total. The van der Waals surface area contributed by atoms with E-state index in [9.17, 15) is 12.9 Å². The number of hydrogen-bond acceptors (Lipinski definition) is 2. The SMILES string of the molecule is N#Cc1nc2ccccc2cc1[B-](F)(F)F.[K+]. The Morgan fingerprint density at radius 3 is 2.41 bits per heavy atom. The average molecular weight is 260 g/mol. The van der Waals surface area contributed by atoms with Crippen molar-refractivity contribution in [1.29, 1.82) is 5.26 Å². The Balaban J connectivity index is 0.00000144. The van der Waals surface area contributed by atoms with E-state index in [1.54, 1.807) is 18.2 Å². The number of fused-ring (bicyclic) bond motifs is 1. The number of nitriles is 1. The van der Waals surface area contributed by atoms with Crippen molar-refractivity contribution in [1.82, 2.24) is 4.98 Å². The third-order valence-corrected chi connectivity index (χ3v) is 2.21. The van der Waals surface area contributed by atoms with Crippen LogP contribution in [0.4, 0.5) is 12.9 Å². The largest absolute Gasteiger partial charge is 1.00 e. The molecule has 0 atom stereocenters. The number of aromatic nitrogens is 1. The van der Waals surface area contributed by atoms with E-state index in [0.717, 1.165) is 6.07 Å². The van der Waals surface area contributed by atoms with Crippen LogP contribution in [0.5, 0.6) is 0 Å². The molecule has 1 heterocycles. The molecule has 1 aromatic heterocycles. The molecule has 7 heteroatoms. The molecular formula is C10H5BF3KN2. The van der Waals surface area contributed by atoms with E-state index in [0.29, 0.717) is 10.9 Å². The fourth-order valence-corrected chi connectivity index (χ4v) is 1.47. The summed E-state index contributed by atoms with van der Waals surface area (Å²) in [5, 5.41) is 9.02. The van der Waals surface area contributed by atoms with Crippen molar-refractivity contribution >= 4 is 23.3 Å². The maximum Gasteiger partial charge on any atom is 1.00 e. The summed E-state index contributed by atoms with van der Waals surface area (Å²) in [4.78, 5) is 3.69. The Morgan fingerprint density at radius 1 is 1.18 bits per heavy atom. The molecule has 1 aromatic carbocycles. The van der Waals surface area contributed by atoms with E-state index in [4.69, 9.17) is 5.26 Å². The number of nitrogens with zero attached hydrogens (tertiary/aromatic N) is 2. The molecule has 0 radical (unpaired) electrons. The molecule has 0 bridgehead atoms. The molecule has 0 aliphatic carbocycles. The van der Waals surface area contributed by atoms with E-state index >= 15 is 0 Å². The molecule has 2 aromatic rings. The van der Waals surface area contributed by atoms with Gasteiger partial charge in [-0.3, -0.25) is 0 Å². The molecule has 0 unspecified atom stereocenters. The second-order valence-electron chi connectivity index (χ2n) is 3.31. The smallest absolute Gasteiger partial charge is 0.445 e. The zero-order chi connectivity index (χ0) is 11.8. The number of benzene rings is 1. The van der Waals surface area contributed by atoms with Crippen LogP contribution in [0.3, 0.4) is 0 Å². The summed E-state index contributed by atoms with van der Waals surface area (Å²) >= 11 is 0. The second-order valence-corrected chi connectivity index (χ2v) is 3.31. The molecule has 0 amide bonds. The summed E-state index contributed by atoms with van der Waals surface area (Å²) in [7, 11) is 0. The van der Waals surface area contributed by atoms with E-state index in [2.05, 4.69) is 4.98 Å². The molecule has 0 saturated carbocycles. The molecule has 0 spiro atoms. The second kappa shape index (κ2) is 5.50. The maximum absolute atomic E-state index is 12.6. The Hall–Kier alpha value is -0.389. The fraction of sp³-hybridized carbons (Fsp3) is 0. The first kappa shape index (κ1) is 14.7. The molecule has 0 aliphatic heterocycles. The third kappa shape index (κ3) is 3.09. The van der Waals surface area contributed by atoms with Crippen molar-refractivity contribution in [2.75, 3.05) is 0 Å². The van der Waals surface area contributed by atoms with Gasteiger partial charge in [0.05, 0.1) is 5.52 Å². The molecule has 0 fully saturated rings. The minimum absolute atomic E-state index is 0. The van der Waals surface area contributed by atoms with Crippen LogP contribution in [0, 0.1) is 11.3 Å². The van der Waals surface area contributed by atoms with Crippen molar-refractivity contribution in [2.45, 2.75) is 0 Å². The third-order valence-electron chi connectivity index (χ3n) is 2.21. The van der Waals surface area contributed by atoms with Gasteiger partial charge in [-0.2, -0.15) is 5.26 Å². The van der Waals surface area contributed by atoms with E-state index in [1.165, 1.54) is 12.1 Å². The van der Waals surface area contributed by atoms with Crippen LogP contribution in [-0.2, 0) is 0 Å². The van der Waals surface area contributed by atoms with E-state index in [-0.39, 0.29) is 51.4 Å². The van der Waals surface area contributed by atoms with Gasteiger partial charge in [-0.1, -0.05) is 29.7 Å². The van der Waals surface area contributed by atoms with E-state index < -0.39 is 18.1 Å². The van der Waals surface area contributed by atoms with Crippen molar-refractivity contribution in [3.63, 3.8) is 0 Å². The standard InChI is InChI=1S/C10H5BF3N2.K/c12-11(13,14)8-5-7-3-1-2-4-9(7)16-10(8)6-15;/h1-5H;/q-1;+1. The summed E-state index contributed by atoms with van der Waals surface area (Å²) in [5.74, 6) is 0. The van der Waals surface area contributed by atoms with Gasteiger partial charge >= 0.3 is 58.4 Å². The van der Waals surface area contributed by atoms with Gasteiger partial charge in [0.1, 0.15) is 11.8 Å². The molecule has 0 aliphatic rings. The van der Waals surface area contributed by atoms with Gasteiger partial charge in [-0.25, -0.2) is 4.98 Å². The first-order chi connectivity index (χ1) is 7.52. The van der Waals surface area contributed by atoms with Crippen LogP contribution in [0.25, 0.3) is 10.9 Å². The van der Waals surface area contributed by atoms with Crippen molar-refractivity contribution < 1.29 is 64.3 Å². The minimum atomic E-state index is -5.20. The fourth-order valence-electron chi connectivity index (χ4n) is 1.47. The normalized spacial score (nSPS) is 10.7. The molecule has 2 nitrogen and oxygen atoms in total. The first-order valence-corrected chi connectivity index (χ1v) is 4.52. The Bertz CT molecular complexity index is 592. The van der Waals surface area contributed by atoms with Gasteiger partial charge in [0, 0.05) is 0 Å². The monoisotopic (exact) mass is 260 g/mol. The molecule has 80 valence electrons. The van der Waals surface area contributed by atoms with Gasteiger partial charge < -0.3 is 12.9 Å². The molecule has 2 rings (SSSR count). The first-order valence-electron chi connectivity index (χ1n) is 4.52. The summed E-state index contributed by atoms with van der Waals surface area (Å²) in [6.45, 7) is -5.20. The van der Waals surface area contributed by atoms with Crippen LogP contribution in [0.15, 0.2) is 30.3 Å². The van der Waals surface area contributed by atoms with Crippen molar-refractivity contribution in [2.24, 2.45) is 0 Å². The average Bonchev–Trinajstić information content (AvgIpc) is 2.26. The van der Waals surface area contributed by atoms with Crippen molar-refractivity contribution in [3.05, 3.63) is 36.0 Å². The van der Waals surface area contributed by atoms with Crippen LogP contribution in [-0.4, -0.2) is 12.0 Å². The number of rotatable bonds is 1. The molecular weight excluding hydrogens is 255 g/mol. The maximum atomic E-state index is 12.6. The van der Waals surface area contributed by atoms with Crippen LogP contribution in [0.1, 0.15) is 5.69 Å². The zero-order valence-electron chi connectivity index (χ0n) is 8.99. The summed E-state index contributed by atoms with van der Waals surface area (Å²) in [6, 6.07) is 8.85. The van der Waals surface area contributed by atoms with Gasteiger partial charge in [0.25, 0.3) is 0 Å². The topological polar surface area (TPSA) is 36.7 Å². The minimum Gasteiger partial charge on any atom is -0.445 e. The Labute approximate surface area is 138 Å². The number of para-hydroxylation sites is 1. The van der Waals surface area contributed by atoms with Gasteiger partial charge in [0.2, 0.25) is 0 Å². The van der Waals surface area contributed by atoms with Crippen molar-refractivity contribution in [3.8, 4) is 6.07 Å². The predicted octanol–water partition coefficient (Wildman–Crippen LogP) is -0.835. The van der Waals surface area contributed by atoms with Crippen LogP contribution < -0.4 is 56.8 Å². The summed E-state index contributed by atoms with van der Waals surface area (Å²) < 4.78 is 37.9. The Kier molecular flexibility index (Phi) is 4.75. The zero-order valence-corrected chi connectivity index (χ0v) is 12.1. The number of hydrogen-bond donors (Lipinski definition) is 0. The van der Waals surface area contributed by atoms with Gasteiger partial charge in [-0.05, 0) is 11.5 Å². The van der Waals surface area contributed by atoms with Gasteiger partial charge in [-0.15, -0.1) is 0 Å². The Morgan fingerprint density at radius 2 is 1.82 bits per heavy atom. The summed E-state index contributed by atoms with van der Waals surface area (Å²) in [5.41, 5.74) is -1.10. The molecule has 0 saturated heterocycles. The number of pyridine rings is 1. The predicted molar refractivity (Wildman–Crippen MR) is 55.2 cm³/mol. The van der Waals surface area contributed by atoms with E-state index in [1.807, 2.05) is 0 Å². The summed E-state index contributed by atoms with van der Waals surface area (Å²) in [6.07, 6.45) is 0. The molecule has 17 heavy (non-hydrogen) atoms. The van der Waals surface area contributed by atoms with Gasteiger partial charge in [0.15, 0.2) is 0 Å². The quantitative estimate of drug-likeness (QED) is 0.627.